The van der Waals surface area contributed by atoms with Crippen LogP contribution in [0.25, 0.3) is 0 Å². The van der Waals surface area contributed by atoms with Gasteiger partial charge in [-0.05, 0) is 19.3 Å². The van der Waals surface area contributed by atoms with Gasteiger partial charge < -0.3 is 47.8 Å². The van der Waals surface area contributed by atoms with Crippen LogP contribution in [0.5, 0.6) is 0 Å². The van der Waals surface area contributed by atoms with Gasteiger partial charge in [0, 0.05) is 19.3 Å². The van der Waals surface area contributed by atoms with E-state index in [4.69, 9.17) is 22.0 Å². The number of carbonyl (C=O) groups excluding carboxylic acids is 6. The van der Waals surface area contributed by atoms with E-state index in [1.54, 1.807) is 0 Å². The van der Waals surface area contributed by atoms with E-state index >= 15 is 0 Å². The third-order valence-electron chi connectivity index (χ3n) is 4.51. The summed E-state index contributed by atoms with van der Waals surface area (Å²) in [5, 5.41) is 33.8. The number of ketones is 2. The average molecular weight is 508 g/mol. The Balaban J connectivity index is 0. The number of hydrogen-bond acceptors (Lipinski definition) is 11. The van der Waals surface area contributed by atoms with Crippen LogP contribution in [0.3, 0.4) is 0 Å². The van der Waals surface area contributed by atoms with E-state index < -0.39 is 72.3 Å². The van der Waals surface area contributed by atoms with Gasteiger partial charge in [-0.2, -0.15) is 0 Å². The Morgan fingerprint density at radius 3 is 1.83 bits per heavy atom. The van der Waals surface area contributed by atoms with Crippen molar-refractivity contribution in [2.45, 2.75) is 56.7 Å². The number of rotatable bonds is 18. The molecule has 0 saturated carbocycles. The first kappa shape index (κ1) is 34.4. The van der Waals surface area contributed by atoms with Crippen molar-refractivity contribution < 1.29 is 73.3 Å². The van der Waals surface area contributed by atoms with Crippen molar-refractivity contribution in [1.29, 1.82) is 5.41 Å². The van der Waals surface area contributed by atoms with Crippen molar-refractivity contribution in [1.82, 2.24) is 16.0 Å². The smallest absolute Gasteiger partial charge is 0.548 e. The summed E-state index contributed by atoms with van der Waals surface area (Å²) in [6.07, 6.45) is -1.46. The quantitative estimate of drug-likeness (QED) is 0.0674. The molecule has 15 nitrogen and oxygen atoms in total. The number of nitrogens with two attached hydrogens (primary N) is 2. The summed E-state index contributed by atoms with van der Waals surface area (Å²) in [7, 11) is 0. The summed E-state index contributed by atoms with van der Waals surface area (Å²) in [5.41, 5.74) is 10.3. The molecular formula is C19H29N6NaO9. The minimum Gasteiger partial charge on any atom is -0.548 e. The fraction of sp³-hybridized carbons (Fsp3) is 0.579. The first-order chi connectivity index (χ1) is 15.9. The van der Waals surface area contributed by atoms with Gasteiger partial charge in [-0.3, -0.25) is 24.0 Å². The average Bonchev–Trinajstić information content (AvgIpc) is 2.80. The van der Waals surface area contributed by atoms with Gasteiger partial charge in [0.2, 0.25) is 17.7 Å². The van der Waals surface area contributed by atoms with E-state index in [2.05, 4.69) is 16.0 Å². The summed E-state index contributed by atoms with van der Waals surface area (Å²) >= 11 is 0. The second kappa shape index (κ2) is 18.6. The first-order valence-electron chi connectivity index (χ1n) is 10.2. The van der Waals surface area contributed by atoms with Crippen molar-refractivity contribution in [2.24, 2.45) is 11.5 Å². The normalized spacial score (nSPS) is 12.6. The number of carbonyl (C=O) groups is 7. The van der Waals surface area contributed by atoms with Crippen LogP contribution in [0.2, 0.25) is 0 Å². The summed E-state index contributed by atoms with van der Waals surface area (Å²) < 4.78 is 0. The largest absolute Gasteiger partial charge is 1.00 e. The maximum absolute atomic E-state index is 12.6. The summed E-state index contributed by atoms with van der Waals surface area (Å²) in [6, 6.07) is -4.41. The standard InChI is InChI=1S/C19H30N6O9.Na/c20-7-10(26)1-3-12(17(30)25-14(19(33)34)4-2-11(27)8-21)23-15(28)6-5-13(18(31)32)24-16(29)9-22;/h8,12-14,21H,1-7,9,20,22H2,(H,23,28)(H,24,29)(H,25,30)(H,31,32)(H,33,34);/q;+1/p-1. The molecule has 3 atom stereocenters. The molecule has 0 saturated heterocycles. The van der Waals surface area contributed by atoms with E-state index in [9.17, 15) is 38.7 Å². The predicted octanol–water partition coefficient (Wildman–Crippen LogP) is -7.67. The van der Waals surface area contributed by atoms with E-state index in [0.29, 0.717) is 6.21 Å². The molecule has 0 heterocycles. The van der Waals surface area contributed by atoms with Gasteiger partial charge in [-0.25, -0.2) is 4.79 Å². The van der Waals surface area contributed by atoms with Crippen LogP contribution in [0, 0.1) is 5.41 Å². The predicted molar refractivity (Wildman–Crippen MR) is 113 cm³/mol. The Labute approximate surface area is 222 Å². The van der Waals surface area contributed by atoms with Gasteiger partial charge in [0.05, 0.1) is 31.3 Å². The van der Waals surface area contributed by atoms with Crippen molar-refractivity contribution in [3.05, 3.63) is 0 Å². The molecule has 190 valence electrons. The van der Waals surface area contributed by atoms with E-state index in [1.165, 1.54) is 0 Å². The summed E-state index contributed by atoms with van der Waals surface area (Å²) in [6.45, 7) is -0.783. The van der Waals surface area contributed by atoms with Crippen LogP contribution in [0.1, 0.15) is 38.5 Å². The van der Waals surface area contributed by atoms with Crippen molar-refractivity contribution in [3.63, 3.8) is 0 Å². The number of amides is 3. The van der Waals surface area contributed by atoms with Crippen LogP contribution < -0.4 is 62.1 Å². The number of carboxylic acid groups (broad SMARTS) is 2. The fourth-order valence-electron chi connectivity index (χ4n) is 2.61. The Kier molecular flexibility index (Phi) is 18.3. The van der Waals surface area contributed by atoms with Gasteiger partial charge in [-0.15, -0.1) is 0 Å². The van der Waals surface area contributed by atoms with Crippen LogP contribution in [-0.4, -0.2) is 83.8 Å². The van der Waals surface area contributed by atoms with Crippen molar-refractivity contribution in [3.8, 4) is 0 Å². The van der Waals surface area contributed by atoms with Gasteiger partial charge in [-0.1, -0.05) is 0 Å². The van der Waals surface area contributed by atoms with Gasteiger partial charge >= 0.3 is 35.5 Å². The van der Waals surface area contributed by atoms with E-state index in [0.717, 1.165) is 0 Å². The van der Waals surface area contributed by atoms with Crippen LogP contribution in [0.15, 0.2) is 0 Å². The Bertz CT molecular complexity index is 808. The fourth-order valence-corrected chi connectivity index (χ4v) is 2.61. The van der Waals surface area contributed by atoms with Gasteiger partial charge in [0.15, 0.2) is 5.78 Å². The molecule has 0 aromatic heterocycles. The molecule has 0 radical (unpaired) electrons. The van der Waals surface area contributed by atoms with E-state index in [-0.39, 0.29) is 68.2 Å². The number of carboxylic acids is 2. The monoisotopic (exact) mass is 508 g/mol. The topological polar surface area (TPSA) is 275 Å². The number of aliphatic carboxylic acids is 2. The van der Waals surface area contributed by atoms with E-state index in [1.807, 2.05) is 0 Å². The maximum Gasteiger partial charge on any atom is 1.00 e. The maximum atomic E-state index is 12.6. The zero-order valence-corrected chi connectivity index (χ0v) is 21.3. The second-order valence-corrected chi connectivity index (χ2v) is 7.13. The number of nitrogens with one attached hydrogen (secondary N) is 4. The minimum atomic E-state index is -1.70. The molecule has 16 heteroatoms. The third-order valence-corrected chi connectivity index (χ3v) is 4.51. The molecule has 0 rings (SSSR count). The van der Waals surface area contributed by atoms with Crippen LogP contribution in [-0.2, 0) is 33.6 Å². The third kappa shape index (κ3) is 15.0. The molecule has 3 unspecified atom stereocenters. The Morgan fingerprint density at radius 2 is 1.34 bits per heavy atom. The number of Topliss-reactive ketones (excluding diaryl/α,β-unsaturated/α-hetero) is 2. The second-order valence-electron chi connectivity index (χ2n) is 7.13. The first-order valence-corrected chi connectivity index (χ1v) is 10.2. The molecule has 0 bridgehead atoms. The molecule has 9 N–H and O–H groups in total. The molecule has 35 heavy (non-hydrogen) atoms. The molecule has 0 aliphatic rings. The van der Waals surface area contributed by atoms with Crippen molar-refractivity contribution in [2.75, 3.05) is 13.1 Å². The molecule has 0 spiro atoms. The summed E-state index contributed by atoms with van der Waals surface area (Å²) in [5.74, 6) is -6.76. The molecule has 0 fully saturated rings. The zero-order chi connectivity index (χ0) is 26.3. The summed E-state index contributed by atoms with van der Waals surface area (Å²) in [4.78, 5) is 81.5. The Morgan fingerprint density at radius 1 is 0.800 bits per heavy atom. The Hall–Kier alpha value is -2.72. The van der Waals surface area contributed by atoms with Crippen LogP contribution in [0.4, 0.5) is 0 Å². The SMILES string of the molecule is N=CC(=O)CCC(NC(=O)C(CCC(=O)CN)NC(=O)CCC(NC(=O)CN)C(=O)O)C(=O)[O-].[Na+]. The molecular weight excluding hydrogens is 479 g/mol. The number of hydrogen-bond donors (Lipinski definition) is 7. The molecule has 3 amide bonds. The molecule has 0 aromatic carbocycles. The minimum absolute atomic E-state index is 0. The molecule has 0 aliphatic heterocycles. The van der Waals surface area contributed by atoms with Crippen molar-refractivity contribution >= 4 is 47.4 Å². The van der Waals surface area contributed by atoms with Crippen LogP contribution >= 0.6 is 0 Å². The molecule has 0 aromatic rings. The zero-order valence-electron chi connectivity index (χ0n) is 19.3. The van der Waals surface area contributed by atoms with Gasteiger partial charge in [0.1, 0.15) is 17.9 Å². The van der Waals surface area contributed by atoms with Gasteiger partial charge in [0.25, 0.3) is 0 Å². The molecule has 0 aliphatic carbocycles.